The van der Waals surface area contributed by atoms with Crippen LogP contribution in [0, 0.1) is 0 Å². The molecule has 1 N–H and O–H groups in total. The minimum absolute atomic E-state index is 0.0335. The van der Waals surface area contributed by atoms with Crippen molar-refractivity contribution in [3.05, 3.63) is 17.0 Å². The molecule has 0 radical (unpaired) electrons. The molecular formula is C14H20N2O2. The number of rotatable bonds is 2. The minimum Gasteiger partial charge on any atom is -0.360 e. The Morgan fingerprint density at radius 3 is 2.72 bits per heavy atom. The third-order valence-electron chi connectivity index (χ3n) is 4.11. The Morgan fingerprint density at radius 2 is 1.89 bits per heavy atom. The number of nitrogens with zero attached hydrogens (tertiary/aromatic N) is 1. The summed E-state index contributed by atoms with van der Waals surface area (Å²) in [5, 5.41) is 7.09. The highest BCUT2D eigenvalue weighted by Crippen LogP contribution is 2.25. The van der Waals surface area contributed by atoms with Gasteiger partial charge in [-0.1, -0.05) is 24.4 Å². The zero-order chi connectivity index (χ0) is 12.4. The predicted molar refractivity (Wildman–Crippen MR) is 67.5 cm³/mol. The second kappa shape index (κ2) is 5.12. The zero-order valence-corrected chi connectivity index (χ0v) is 10.7. The van der Waals surface area contributed by atoms with Crippen LogP contribution in [-0.2, 0) is 12.8 Å². The molecule has 0 atom stereocenters. The van der Waals surface area contributed by atoms with Gasteiger partial charge in [0.1, 0.15) is 5.76 Å². The summed E-state index contributed by atoms with van der Waals surface area (Å²) in [6.07, 6.45) is 10.1. The molecule has 0 aromatic carbocycles. The summed E-state index contributed by atoms with van der Waals surface area (Å²) in [6, 6.07) is 0.335. The molecule has 4 heteroatoms. The van der Waals surface area contributed by atoms with E-state index in [1.807, 2.05) is 0 Å². The van der Waals surface area contributed by atoms with Crippen LogP contribution in [0.15, 0.2) is 4.52 Å². The van der Waals surface area contributed by atoms with Gasteiger partial charge in [-0.2, -0.15) is 0 Å². The van der Waals surface area contributed by atoms with Crippen molar-refractivity contribution >= 4 is 5.91 Å². The van der Waals surface area contributed by atoms with Gasteiger partial charge in [-0.15, -0.1) is 0 Å². The van der Waals surface area contributed by atoms with E-state index in [4.69, 9.17) is 4.52 Å². The van der Waals surface area contributed by atoms with E-state index in [9.17, 15) is 4.79 Å². The summed E-state index contributed by atoms with van der Waals surface area (Å²) in [7, 11) is 0. The van der Waals surface area contributed by atoms with Crippen LogP contribution in [0.1, 0.15) is 66.8 Å². The number of hydrogen-bond acceptors (Lipinski definition) is 3. The first-order valence-corrected chi connectivity index (χ1v) is 7.13. The lowest BCUT2D eigenvalue weighted by atomic mass is 9.94. The van der Waals surface area contributed by atoms with Crippen LogP contribution in [-0.4, -0.2) is 17.1 Å². The number of aryl methyl sites for hydroxylation is 1. The molecule has 0 saturated heterocycles. The van der Waals surface area contributed by atoms with Crippen LogP contribution >= 0.6 is 0 Å². The van der Waals surface area contributed by atoms with E-state index in [2.05, 4.69) is 10.5 Å². The molecule has 1 aromatic heterocycles. The first-order chi connectivity index (χ1) is 8.84. The van der Waals surface area contributed by atoms with E-state index in [0.29, 0.717) is 11.7 Å². The van der Waals surface area contributed by atoms with Gasteiger partial charge in [0.05, 0.1) is 0 Å². The van der Waals surface area contributed by atoms with Crippen molar-refractivity contribution in [1.82, 2.24) is 10.5 Å². The number of nitrogens with one attached hydrogen (secondary N) is 1. The maximum Gasteiger partial charge on any atom is 0.273 e. The summed E-state index contributed by atoms with van der Waals surface area (Å²) in [5.74, 6) is 0.892. The fourth-order valence-corrected chi connectivity index (χ4v) is 3.06. The van der Waals surface area contributed by atoms with Crippen molar-refractivity contribution in [2.75, 3.05) is 0 Å². The first-order valence-electron chi connectivity index (χ1n) is 7.13. The quantitative estimate of drug-likeness (QED) is 0.875. The summed E-state index contributed by atoms with van der Waals surface area (Å²) in [4.78, 5) is 12.2. The third-order valence-corrected chi connectivity index (χ3v) is 4.11. The summed E-state index contributed by atoms with van der Waals surface area (Å²) >= 11 is 0. The lowest BCUT2D eigenvalue weighted by Gasteiger charge is -2.22. The van der Waals surface area contributed by atoms with Crippen LogP contribution in [0.25, 0.3) is 0 Å². The Hall–Kier alpha value is -1.32. The Balaban J connectivity index is 1.70. The minimum atomic E-state index is -0.0335. The average Bonchev–Trinajstić information content (AvgIpc) is 2.84. The van der Waals surface area contributed by atoms with E-state index < -0.39 is 0 Å². The predicted octanol–water partition coefficient (Wildman–Crippen LogP) is 2.62. The molecule has 3 rings (SSSR count). The van der Waals surface area contributed by atoms with Crippen LogP contribution < -0.4 is 5.32 Å². The van der Waals surface area contributed by atoms with Crippen molar-refractivity contribution in [2.45, 2.75) is 63.8 Å². The summed E-state index contributed by atoms with van der Waals surface area (Å²) < 4.78 is 5.29. The molecule has 1 fully saturated rings. The number of aromatic nitrogens is 1. The van der Waals surface area contributed by atoms with Crippen LogP contribution in [0.5, 0.6) is 0 Å². The van der Waals surface area contributed by atoms with E-state index in [1.54, 1.807) is 0 Å². The Bertz CT molecular complexity index is 433. The molecule has 0 spiro atoms. The number of carbonyl (C=O) groups excluding carboxylic acids is 1. The van der Waals surface area contributed by atoms with E-state index in [1.165, 1.54) is 19.3 Å². The first kappa shape index (κ1) is 11.8. The highest BCUT2D eigenvalue weighted by Gasteiger charge is 2.25. The maximum absolute atomic E-state index is 12.2. The van der Waals surface area contributed by atoms with Gasteiger partial charge >= 0.3 is 0 Å². The molecule has 0 aliphatic heterocycles. The van der Waals surface area contributed by atoms with Crippen LogP contribution in [0.4, 0.5) is 0 Å². The smallest absolute Gasteiger partial charge is 0.273 e. The summed E-state index contributed by atoms with van der Waals surface area (Å²) in [5.41, 5.74) is 1.59. The van der Waals surface area contributed by atoms with Crippen LogP contribution in [0.2, 0.25) is 0 Å². The largest absolute Gasteiger partial charge is 0.360 e. The topological polar surface area (TPSA) is 55.1 Å². The zero-order valence-electron chi connectivity index (χ0n) is 10.7. The third kappa shape index (κ3) is 2.28. The van der Waals surface area contributed by atoms with Crippen molar-refractivity contribution in [3.63, 3.8) is 0 Å². The van der Waals surface area contributed by atoms with Gasteiger partial charge in [-0.05, 0) is 32.1 Å². The lowest BCUT2D eigenvalue weighted by Crippen LogP contribution is -2.36. The van der Waals surface area contributed by atoms with Crippen molar-refractivity contribution in [1.29, 1.82) is 0 Å². The molecule has 0 unspecified atom stereocenters. The standard InChI is InChI=1S/C14H20N2O2/c17-14(15-10-6-2-1-3-7-10)13-11-8-4-5-9-12(11)18-16-13/h10H,1-9H2,(H,15,17). The highest BCUT2D eigenvalue weighted by atomic mass is 16.5. The molecule has 2 aliphatic carbocycles. The Labute approximate surface area is 107 Å². The second-order valence-corrected chi connectivity index (χ2v) is 5.45. The van der Waals surface area contributed by atoms with E-state index in [0.717, 1.165) is 49.8 Å². The Morgan fingerprint density at radius 1 is 1.11 bits per heavy atom. The van der Waals surface area contributed by atoms with Gasteiger partial charge in [0, 0.05) is 18.0 Å². The molecule has 98 valence electrons. The molecule has 1 amide bonds. The van der Waals surface area contributed by atoms with Crippen molar-refractivity contribution < 1.29 is 9.32 Å². The average molecular weight is 248 g/mol. The lowest BCUT2D eigenvalue weighted by molar-refractivity contribution is 0.0917. The molecule has 4 nitrogen and oxygen atoms in total. The molecule has 1 saturated carbocycles. The van der Waals surface area contributed by atoms with Gasteiger partial charge in [0.2, 0.25) is 0 Å². The SMILES string of the molecule is O=C(NC1CCCCC1)c1noc2c1CCCC2. The normalized spacial score (nSPS) is 20.4. The van der Waals surface area contributed by atoms with Gasteiger partial charge in [0.25, 0.3) is 5.91 Å². The number of hydrogen-bond donors (Lipinski definition) is 1. The van der Waals surface area contributed by atoms with Gasteiger partial charge < -0.3 is 9.84 Å². The Kier molecular flexibility index (Phi) is 3.35. The maximum atomic E-state index is 12.2. The fourth-order valence-electron chi connectivity index (χ4n) is 3.06. The number of fused-ring (bicyclic) bond motifs is 1. The molecule has 1 aromatic rings. The molecular weight excluding hydrogens is 228 g/mol. The van der Waals surface area contributed by atoms with Gasteiger partial charge in [-0.25, -0.2) is 0 Å². The number of amides is 1. The fraction of sp³-hybridized carbons (Fsp3) is 0.714. The van der Waals surface area contributed by atoms with E-state index >= 15 is 0 Å². The monoisotopic (exact) mass is 248 g/mol. The van der Waals surface area contributed by atoms with Crippen molar-refractivity contribution in [3.8, 4) is 0 Å². The van der Waals surface area contributed by atoms with Gasteiger partial charge in [0.15, 0.2) is 5.69 Å². The molecule has 0 bridgehead atoms. The molecule has 18 heavy (non-hydrogen) atoms. The van der Waals surface area contributed by atoms with Crippen molar-refractivity contribution in [2.24, 2.45) is 0 Å². The molecule has 1 heterocycles. The van der Waals surface area contributed by atoms with Gasteiger partial charge in [-0.3, -0.25) is 4.79 Å². The number of carbonyl (C=O) groups is 1. The molecule has 2 aliphatic rings. The summed E-state index contributed by atoms with van der Waals surface area (Å²) in [6.45, 7) is 0. The highest BCUT2D eigenvalue weighted by molar-refractivity contribution is 5.94. The van der Waals surface area contributed by atoms with Crippen LogP contribution in [0.3, 0.4) is 0 Å². The van der Waals surface area contributed by atoms with E-state index in [-0.39, 0.29) is 5.91 Å². The second-order valence-electron chi connectivity index (χ2n) is 5.45.